The molecule has 2 N–H and O–H groups in total. The molecule has 7 nitrogen and oxygen atoms in total. The summed E-state index contributed by atoms with van der Waals surface area (Å²) in [7, 11) is 0. The van der Waals surface area contributed by atoms with E-state index in [1.165, 1.54) is 5.56 Å². The van der Waals surface area contributed by atoms with Crippen molar-refractivity contribution in [1.82, 2.24) is 15.5 Å². The van der Waals surface area contributed by atoms with E-state index in [0.29, 0.717) is 32.5 Å². The first kappa shape index (κ1) is 19.2. The molecule has 0 saturated carbocycles. The Morgan fingerprint density at radius 3 is 2.70 bits per heavy atom. The Kier molecular flexibility index (Phi) is 5.98. The minimum absolute atomic E-state index is 0.0242. The highest BCUT2D eigenvalue weighted by atomic mass is 16.2. The third-order valence-corrected chi connectivity index (χ3v) is 5.32. The monoisotopic (exact) mass is 372 g/mol. The Morgan fingerprint density at radius 1 is 1.19 bits per heavy atom. The molecule has 2 aliphatic rings. The van der Waals surface area contributed by atoms with Crippen LogP contribution >= 0.6 is 0 Å². The summed E-state index contributed by atoms with van der Waals surface area (Å²) < 4.78 is 0. The molecular weight excluding hydrogens is 344 g/mol. The molecule has 0 bridgehead atoms. The Morgan fingerprint density at radius 2 is 2.00 bits per heavy atom. The minimum Gasteiger partial charge on any atom is -0.343 e. The van der Waals surface area contributed by atoms with E-state index in [4.69, 9.17) is 0 Å². The van der Waals surface area contributed by atoms with Crippen LogP contribution < -0.4 is 15.5 Å². The molecule has 0 spiro atoms. The van der Waals surface area contributed by atoms with Crippen molar-refractivity contribution < 1.29 is 14.4 Å². The molecule has 1 aromatic rings. The van der Waals surface area contributed by atoms with Gasteiger partial charge < -0.3 is 20.4 Å². The van der Waals surface area contributed by atoms with Gasteiger partial charge in [-0.2, -0.15) is 0 Å². The zero-order chi connectivity index (χ0) is 19.4. The van der Waals surface area contributed by atoms with Crippen molar-refractivity contribution in [3.63, 3.8) is 0 Å². The largest absolute Gasteiger partial charge is 0.343 e. The van der Waals surface area contributed by atoms with Crippen molar-refractivity contribution in [3.05, 3.63) is 29.3 Å². The number of aryl methyl sites for hydroxylation is 2. The number of carbonyl (C=O) groups excluding carboxylic acids is 3. The van der Waals surface area contributed by atoms with E-state index in [1.54, 1.807) is 4.90 Å². The maximum absolute atomic E-state index is 12.3. The van der Waals surface area contributed by atoms with E-state index in [9.17, 15) is 14.4 Å². The number of amides is 4. The summed E-state index contributed by atoms with van der Waals surface area (Å²) in [5, 5.41) is 5.70. The van der Waals surface area contributed by atoms with Crippen molar-refractivity contribution in [3.8, 4) is 0 Å². The minimum atomic E-state index is -0.262. The van der Waals surface area contributed by atoms with E-state index in [1.807, 2.05) is 36.9 Å². The zero-order valence-corrected chi connectivity index (χ0v) is 16.1. The Labute approximate surface area is 160 Å². The van der Waals surface area contributed by atoms with Gasteiger partial charge in [0, 0.05) is 44.7 Å². The Bertz CT molecular complexity index is 734. The van der Waals surface area contributed by atoms with E-state index in [-0.39, 0.29) is 23.9 Å². The summed E-state index contributed by atoms with van der Waals surface area (Å²) in [5.41, 5.74) is 3.21. The van der Waals surface area contributed by atoms with Gasteiger partial charge in [0.15, 0.2) is 0 Å². The van der Waals surface area contributed by atoms with Gasteiger partial charge >= 0.3 is 6.03 Å². The third kappa shape index (κ3) is 4.78. The van der Waals surface area contributed by atoms with Crippen molar-refractivity contribution >= 4 is 23.5 Å². The van der Waals surface area contributed by atoms with Crippen LogP contribution in [0.1, 0.15) is 36.8 Å². The number of urea groups is 1. The summed E-state index contributed by atoms with van der Waals surface area (Å²) in [6.07, 6.45) is 2.61. The molecule has 2 fully saturated rings. The molecule has 2 heterocycles. The highest BCUT2D eigenvalue weighted by Crippen LogP contribution is 2.24. The van der Waals surface area contributed by atoms with Crippen molar-refractivity contribution in [2.24, 2.45) is 0 Å². The number of hydrogen-bond donors (Lipinski definition) is 2. The maximum Gasteiger partial charge on any atom is 0.315 e. The van der Waals surface area contributed by atoms with Crippen molar-refractivity contribution in [2.75, 3.05) is 31.1 Å². The van der Waals surface area contributed by atoms with Crippen LogP contribution in [-0.4, -0.2) is 55.0 Å². The zero-order valence-electron chi connectivity index (χ0n) is 16.1. The molecular formula is C20H28N4O3. The Hall–Kier alpha value is -2.57. The van der Waals surface area contributed by atoms with Gasteiger partial charge in [-0.15, -0.1) is 0 Å². The fourth-order valence-corrected chi connectivity index (χ4v) is 3.60. The highest BCUT2D eigenvalue weighted by Gasteiger charge is 2.31. The van der Waals surface area contributed by atoms with E-state index >= 15 is 0 Å². The predicted octanol–water partition coefficient (Wildman–Crippen LogP) is 1.72. The van der Waals surface area contributed by atoms with E-state index in [2.05, 4.69) is 10.6 Å². The van der Waals surface area contributed by atoms with Crippen molar-refractivity contribution in [2.45, 2.75) is 45.6 Å². The molecule has 0 unspecified atom stereocenters. The number of benzene rings is 1. The lowest BCUT2D eigenvalue weighted by molar-refractivity contribution is -0.127. The summed E-state index contributed by atoms with van der Waals surface area (Å²) in [5.74, 6) is 0.228. The molecule has 3 rings (SSSR count). The number of nitrogens with zero attached hydrogens (tertiary/aromatic N) is 2. The lowest BCUT2D eigenvalue weighted by Gasteiger charge is -2.19. The summed E-state index contributed by atoms with van der Waals surface area (Å²) in [6.45, 7) is 6.57. The van der Waals surface area contributed by atoms with Gasteiger partial charge in [-0.3, -0.25) is 9.59 Å². The lowest BCUT2D eigenvalue weighted by Crippen LogP contribution is -2.44. The average Bonchev–Trinajstić information content (AvgIpc) is 3.19. The molecule has 0 aliphatic carbocycles. The average molecular weight is 372 g/mol. The van der Waals surface area contributed by atoms with Gasteiger partial charge in [-0.25, -0.2) is 4.79 Å². The van der Waals surface area contributed by atoms with Gasteiger partial charge in [0.1, 0.15) is 0 Å². The van der Waals surface area contributed by atoms with Gasteiger partial charge in [0.05, 0.1) is 6.04 Å². The molecule has 1 aromatic carbocycles. The van der Waals surface area contributed by atoms with Crippen LogP contribution in [0.2, 0.25) is 0 Å². The molecule has 2 aliphatic heterocycles. The van der Waals surface area contributed by atoms with Gasteiger partial charge in [0.25, 0.3) is 0 Å². The number of hydrogen-bond acceptors (Lipinski definition) is 3. The van der Waals surface area contributed by atoms with Crippen LogP contribution in [-0.2, 0) is 9.59 Å². The summed E-state index contributed by atoms with van der Waals surface area (Å²) >= 11 is 0. The number of rotatable bonds is 6. The first-order valence-corrected chi connectivity index (χ1v) is 9.64. The van der Waals surface area contributed by atoms with Crippen LogP contribution in [0.25, 0.3) is 0 Å². The predicted molar refractivity (Wildman–Crippen MR) is 104 cm³/mol. The molecule has 2 saturated heterocycles. The second-order valence-electron chi connectivity index (χ2n) is 7.41. The molecule has 0 radical (unpaired) electrons. The lowest BCUT2D eigenvalue weighted by atomic mass is 10.1. The summed E-state index contributed by atoms with van der Waals surface area (Å²) in [4.78, 5) is 39.5. The Balaban J connectivity index is 1.41. The number of likely N-dealkylation sites (tertiary alicyclic amines) is 1. The molecule has 4 amide bonds. The molecule has 1 atom stereocenters. The highest BCUT2D eigenvalue weighted by molar-refractivity contribution is 5.96. The fourth-order valence-electron chi connectivity index (χ4n) is 3.60. The fraction of sp³-hybridized carbons (Fsp3) is 0.550. The standard InChI is InChI=1S/C20H28N4O3/c1-14-6-7-17(11-15(14)2)24-13-16(12-19(24)26)22-20(27)21-8-4-10-23-9-3-5-18(23)25/h6-7,11,16H,3-5,8-10,12-13H2,1-2H3,(H2,21,22,27)/t16-/m1/s1. The van der Waals surface area contributed by atoms with E-state index < -0.39 is 0 Å². The smallest absolute Gasteiger partial charge is 0.315 e. The van der Waals surface area contributed by atoms with Crippen LogP contribution in [0.4, 0.5) is 10.5 Å². The molecule has 0 aromatic heterocycles. The van der Waals surface area contributed by atoms with E-state index in [0.717, 1.165) is 30.6 Å². The number of nitrogens with one attached hydrogen (secondary N) is 2. The molecule has 7 heteroatoms. The topological polar surface area (TPSA) is 81.8 Å². The number of anilines is 1. The van der Waals surface area contributed by atoms with Crippen molar-refractivity contribution in [1.29, 1.82) is 0 Å². The quantitative estimate of drug-likeness (QED) is 0.746. The normalized spacial score (nSPS) is 19.7. The van der Waals surface area contributed by atoms with Gasteiger partial charge in [-0.05, 0) is 49.9 Å². The first-order valence-electron chi connectivity index (χ1n) is 9.64. The second-order valence-corrected chi connectivity index (χ2v) is 7.41. The van der Waals surface area contributed by atoms with Crippen LogP contribution in [0, 0.1) is 13.8 Å². The number of carbonyl (C=O) groups is 3. The van der Waals surface area contributed by atoms with Crippen LogP contribution in [0.5, 0.6) is 0 Å². The van der Waals surface area contributed by atoms with Gasteiger partial charge in [0.2, 0.25) is 11.8 Å². The molecule has 146 valence electrons. The molecule has 27 heavy (non-hydrogen) atoms. The maximum atomic E-state index is 12.3. The van der Waals surface area contributed by atoms with Crippen LogP contribution in [0.15, 0.2) is 18.2 Å². The van der Waals surface area contributed by atoms with Crippen LogP contribution in [0.3, 0.4) is 0 Å². The third-order valence-electron chi connectivity index (χ3n) is 5.32. The second kappa shape index (κ2) is 8.41. The SMILES string of the molecule is Cc1ccc(N2C[C@H](NC(=O)NCCCN3CCCC3=O)CC2=O)cc1C. The summed E-state index contributed by atoms with van der Waals surface area (Å²) in [6, 6.07) is 5.51. The van der Waals surface area contributed by atoms with Gasteiger partial charge in [-0.1, -0.05) is 6.07 Å². The first-order chi connectivity index (χ1) is 12.9.